The largest absolute Gasteiger partial charge is 0.399 e. The predicted octanol–water partition coefficient (Wildman–Crippen LogP) is 3.33. The van der Waals surface area contributed by atoms with Crippen molar-refractivity contribution in [2.24, 2.45) is 0 Å². The van der Waals surface area contributed by atoms with Crippen LogP contribution >= 0.6 is 0 Å². The number of H-pyrrole nitrogens is 1. The molecular weight excluding hydrogens is 222 g/mol. The second-order valence-corrected chi connectivity index (χ2v) is 4.13. The Kier molecular flexibility index (Phi) is 2.57. The van der Waals surface area contributed by atoms with Crippen molar-refractivity contribution in [3.05, 3.63) is 60.8 Å². The Labute approximate surface area is 105 Å². The maximum Gasteiger partial charge on any atom is 0.137 e. The molecule has 3 nitrogen and oxygen atoms in total. The van der Waals surface area contributed by atoms with Gasteiger partial charge >= 0.3 is 0 Å². The summed E-state index contributed by atoms with van der Waals surface area (Å²) in [6.07, 6.45) is 1.84. The van der Waals surface area contributed by atoms with Crippen molar-refractivity contribution in [1.82, 2.24) is 9.97 Å². The second kappa shape index (κ2) is 4.37. The summed E-state index contributed by atoms with van der Waals surface area (Å²) in [7, 11) is 0. The van der Waals surface area contributed by atoms with Gasteiger partial charge in [-0.3, -0.25) is 0 Å². The van der Waals surface area contributed by atoms with Crippen molar-refractivity contribution in [3.8, 4) is 22.6 Å². The fourth-order valence-electron chi connectivity index (χ4n) is 1.87. The van der Waals surface area contributed by atoms with Gasteiger partial charge in [-0.25, -0.2) is 4.98 Å². The van der Waals surface area contributed by atoms with Crippen LogP contribution in [0.25, 0.3) is 22.6 Å². The zero-order chi connectivity index (χ0) is 12.4. The summed E-state index contributed by atoms with van der Waals surface area (Å²) in [5, 5.41) is 0. The smallest absolute Gasteiger partial charge is 0.137 e. The SMILES string of the molecule is Nc1ccc(-c2cnc(-c3ccccc3)[nH]2)cc1. The van der Waals surface area contributed by atoms with Crippen LogP contribution in [0.1, 0.15) is 0 Å². The van der Waals surface area contributed by atoms with Crippen LogP contribution in [0.15, 0.2) is 60.8 Å². The van der Waals surface area contributed by atoms with Crippen molar-refractivity contribution in [2.45, 2.75) is 0 Å². The monoisotopic (exact) mass is 235 g/mol. The molecule has 0 atom stereocenters. The molecule has 0 saturated heterocycles. The summed E-state index contributed by atoms with van der Waals surface area (Å²) in [4.78, 5) is 7.71. The quantitative estimate of drug-likeness (QED) is 0.669. The number of hydrogen-bond donors (Lipinski definition) is 2. The lowest BCUT2D eigenvalue weighted by Crippen LogP contribution is -1.84. The molecule has 1 aromatic heterocycles. The van der Waals surface area contributed by atoms with Gasteiger partial charge in [-0.2, -0.15) is 0 Å². The van der Waals surface area contributed by atoms with E-state index in [4.69, 9.17) is 5.73 Å². The maximum atomic E-state index is 5.68. The van der Waals surface area contributed by atoms with Crippen molar-refractivity contribution in [3.63, 3.8) is 0 Å². The molecule has 2 aromatic carbocycles. The van der Waals surface area contributed by atoms with Crippen LogP contribution < -0.4 is 5.73 Å². The van der Waals surface area contributed by atoms with Crippen molar-refractivity contribution in [2.75, 3.05) is 5.73 Å². The van der Waals surface area contributed by atoms with Crippen LogP contribution in [0.4, 0.5) is 5.69 Å². The van der Waals surface area contributed by atoms with Gasteiger partial charge in [-0.15, -0.1) is 0 Å². The number of nitrogens with zero attached hydrogens (tertiary/aromatic N) is 1. The Morgan fingerprint density at radius 3 is 2.28 bits per heavy atom. The number of benzene rings is 2. The standard InChI is InChI=1S/C15H13N3/c16-13-8-6-11(7-9-13)14-10-17-15(18-14)12-4-2-1-3-5-12/h1-10H,16H2,(H,17,18). The lowest BCUT2D eigenvalue weighted by atomic mass is 10.1. The minimum atomic E-state index is 0.765. The Bertz CT molecular complexity index is 639. The summed E-state index contributed by atoms with van der Waals surface area (Å²) < 4.78 is 0. The molecule has 3 heteroatoms. The molecular formula is C15H13N3. The van der Waals surface area contributed by atoms with Crippen LogP contribution in [0.3, 0.4) is 0 Å². The molecule has 3 aromatic rings. The molecule has 88 valence electrons. The predicted molar refractivity (Wildman–Crippen MR) is 73.9 cm³/mol. The van der Waals surface area contributed by atoms with Gasteiger partial charge in [0, 0.05) is 11.3 Å². The van der Waals surface area contributed by atoms with Crippen LogP contribution in [-0.2, 0) is 0 Å². The van der Waals surface area contributed by atoms with E-state index in [9.17, 15) is 0 Å². The highest BCUT2D eigenvalue weighted by Crippen LogP contribution is 2.22. The summed E-state index contributed by atoms with van der Waals surface area (Å²) in [5.74, 6) is 0.877. The van der Waals surface area contributed by atoms with E-state index in [0.29, 0.717) is 0 Å². The average Bonchev–Trinajstić information content (AvgIpc) is 2.90. The number of aromatic amines is 1. The number of anilines is 1. The first-order chi connectivity index (χ1) is 8.83. The molecule has 0 aliphatic rings. The van der Waals surface area contributed by atoms with Crippen LogP contribution in [0.2, 0.25) is 0 Å². The Balaban J connectivity index is 1.97. The lowest BCUT2D eigenvalue weighted by molar-refractivity contribution is 1.31. The molecule has 3 N–H and O–H groups in total. The van der Waals surface area contributed by atoms with E-state index in [-0.39, 0.29) is 0 Å². The summed E-state index contributed by atoms with van der Waals surface area (Å²) in [5.41, 5.74) is 9.60. The molecule has 0 amide bonds. The molecule has 0 spiro atoms. The minimum absolute atomic E-state index is 0.765. The third-order valence-corrected chi connectivity index (χ3v) is 2.84. The molecule has 1 heterocycles. The first kappa shape index (κ1) is 10.6. The molecule has 0 saturated carbocycles. The van der Waals surface area contributed by atoms with E-state index in [1.165, 1.54) is 0 Å². The van der Waals surface area contributed by atoms with E-state index in [1.54, 1.807) is 0 Å². The van der Waals surface area contributed by atoms with Crippen molar-refractivity contribution < 1.29 is 0 Å². The van der Waals surface area contributed by atoms with Crippen LogP contribution in [-0.4, -0.2) is 9.97 Å². The van der Waals surface area contributed by atoms with E-state index in [1.807, 2.05) is 60.8 Å². The van der Waals surface area contributed by atoms with Gasteiger partial charge in [0.2, 0.25) is 0 Å². The first-order valence-corrected chi connectivity index (χ1v) is 5.79. The third-order valence-electron chi connectivity index (χ3n) is 2.84. The zero-order valence-electron chi connectivity index (χ0n) is 9.80. The van der Waals surface area contributed by atoms with Crippen LogP contribution in [0, 0.1) is 0 Å². The van der Waals surface area contributed by atoms with Gasteiger partial charge < -0.3 is 10.7 Å². The molecule has 18 heavy (non-hydrogen) atoms. The highest BCUT2D eigenvalue weighted by atomic mass is 14.9. The number of nitrogen functional groups attached to an aromatic ring is 1. The minimum Gasteiger partial charge on any atom is -0.399 e. The third kappa shape index (κ3) is 1.98. The lowest BCUT2D eigenvalue weighted by Gasteiger charge is -1.98. The van der Waals surface area contributed by atoms with Gasteiger partial charge in [0.25, 0.3) is 0 Å². The van der Waals surface area contributed by atoms with Crippen LogP contribution in [0.5, 0.6) is 0 Å². The molecule has 0 unspecified atom stereocenters. The number of hydrogen-bond acceptors (Lipinski definition) is 2. The molecule has 0 aliphatic heterocycles. The summed E-state index contributed by atoms with van der Waals surface area (Å²) in [6.45, 7) is 0. The number of nitrogens with two attached hydrogens (primary N) is 1. The average molecular weight is 235 g/mol. The highest BCUT2D eigenvalue weighted by molar-refractivity contribution is 5.65. The summed E-state index contributed by atoms with van der Waals surface area (Å²) in [6, 6.07) is 17.8. The summed E-state index contributed by atoms with van der Waals surface area (Å²) >= 11 is 0. The van der Waals surface area contributed by atoms with Gasteiger partial charge in [-0.1, -0.05) is 42.5 Å². The van der Waals surface area contributed by atoms with Gasteiger partial charge in [0.15, 0.2) is 0 Å². The number of aromatic nitrogens is 2. The first-order valence-electron chi connectivity index (χ1n) is 5.79. The second-order valence-electron chi connectivity index (χ2n) is 4.13. The van der Waals surface area contributed by atoms with E-state index in [0.717, 1.165) is 28.3 Å². The Hall–Kier alpha value is -2.55. The van der Waals surface area contributed by atoms with E-state index in [2.05, 4.69) is 9.97 Å². The zero-order valence-corrected chi connectivity index (χ0v) is 9.80. The Morgan fingerprint density at radius 1 is 0.833 bits per heavy atom. The molecule has 0 bridgehead atoms. The number of rotatable bonds is 2. The normalized spacial score (nSPS) is 10.4. The van der Waals surface area contributed by atoms with E-state index < -0.39 is 0 Å². The van der Waals surface area contributed by atoms with Gasteiger partial charge in [0.1, 0.15) is 5.82 Å². The van der Waals surface area contributed by atoms with E-state index >= 15 is 0 Å². The molecule has 0 aliphatic carbocycles. The van der Waals surface area contributed by atoms with Crippen molar-refractivity contribution >= 4 is 5.69 Å². The number of imidazole rings is 1. The Morgan fingerprint density at radius 2 is 1.56 bits per heavy atom. The topological polar surface area (TPSA) is 54.7 Å². The molecule has 3 rings (SSSR count). The van der Waals surface area contributed by atoms with Gasteiger partial charge in [0.05, 0.1) is 11.9 Å². The fraction of sp³-hybridized carbons (Fsp3) is 0. The molecule has 0 radical (unpaired) electrons. The van der Waals surface area contributed by atoms with Gasteiger partial charge in [-0.05, 0) is 17.7 Å². The highest BCUT2D eigenvalue weighted by Gasteiger charge is 2.04. The van der Waals surface area contributed by atoms with Crippen molar-refractivity contribution in [1.29, 1.82) is 0 Å². The maximum absolute atomic E-state index is 5.68. The molecule has 0 fully saturated rings. The number of nitrogens with one attached hydrogen (secondary N) is 1. The fourth-order valence-corrected chi connectivity index (χ4v) is 1.87.